The molecule has 9 nitrogen and oxygen atoms in total. The molecule has 1 aliphatic rings. The number of ether oxygens (including phenoxy) is 1. The Hall–Kier alpha value is -5.19. The molecule has 0 aliphatic carbocycles. The molecule has 47 heavy (non-hydrogen) atoms. The maximum Gasteiger partial charge on any atom is 0.410 e. The summed E-state index contributed by atoms with van der Waals surface area (Å²) in [4.78, 5) is 36.2. The summed E-state index contributed by atoms with van der Waals surface area (Å²) in [5.74, 6) is -0.975. The van der Waals surface area contributed by atoms with Crippen molar-refractivity contribution in [3.63, 3.8) is 0 Å². The monoisotopic (exact) mass is 638 g/mol. The van der Waals surface area contributed by atoms with Gasteiger partial charge in [0.2, 0.25) is 5.91 Å². The molecule has 4 heterocycles. The topological polar surface area (TPSA) is 102 Å². The van der Waals surface area contributed by atoms with E-state index in [9.17, 15) is 18.4 Å². The Morgan fingerprint density at radius 3 is 2.09 bits per heavy atom. The van der Waals surface area contributed by atoms with Crippen LogP contribution in [0.1, 0.15) is 33.6 Å². The highest BCUT2D eigenvalue weighted by Crippen LogP contribution is 2.43. The third kappa shape index (κ3) is 7.29. The van der Waals surface area contributed by atoms with Crippen molar-refractivity contribution >= 4 is 23.0 Å². The van der Waals surface area contributed by atoms with Crippen molar-refractivity contribution in [3.8, 4) is 33.5 Å². The molecule has 2 aromatic carbocycles. The van der Waals surface area contributed by atoms with Gasteiger partial charge in [-0.15, -0.1) is 0 Å². The predicted octanol–water partition coefficient (Wildman–Crippen LogP) is 6.87. The number of nitrogens with one attached hydrogen (secondary N) is 1. The molecule has 6 rings (SSSR count). The van der Waals surface area contributed by atoms with E-state index in [2.05, 4.69) is 10.3 Å². The van der Waals surface area contributed by atoms with Crippen LogP contribution in [0.4, 0.5) is 13.6 Å². The van der Waals surface area contributed by atoms with Crippen LogP contribution in [0.2, 0.25) is 0 Å². The van der Waals surface area contributed by atoms with Crippen LogP contribution in [0.25, 0.3) is 44.5 Å². The zero-order valence-corrected chi connectivity index (χ0v) is 26.5. The standard InChI is InChI=1S/C36H36F2N6O3/c1-36(2,3)47-35(46)43-19-14-26(15-20-43)34(45)40-18-21-44-22-29-30(23-4-8-27(37)9-5-23)31(24-12-16-39-17-13-24)32(41-33(29)42-44)25-6-10-28(38)11-7-25/h4-13,16-17,22,26H,14-15,18-21H2,1-3H3,(H,40,45). The quantitative estimate of drug-likeness (QED) is 0.209. The lowest BCUT2D eigenvalue weighted by atomic mass is 9.90. The van der Waals surface area contributed by atoms with Crippen molar-refractivity contribution in [2.24, 2.45) is 5.92 Å². The maximum absolute atomic E-state index is 14.0. The number of halogens is 2. The third-order valence-corrected chi connectivity index (χ3v) is 8.09. The number of pyridine rings is 2. The molecule has 5 aromatic rings. The average Bonchev–Trinajstić information content (AvgIpc) is 3.47. The molecule has 242 valence electrons. The molecule has 0 saturated carbocycles. The smallest absolute Gasteiger partial charge is 0.410 e. The van der Waals surface area contributed by atoms with Crippen LogP contribution in [0, 0.1) is 17.6 Å². The van der Waals surface area contributed by atoms with Crippen LogP contribution in [0.15, 0.2) is 79.3 Å². The molecule has 0 bridgehead atoms. The van der Waals surface area contributed by atoms with E-state index >= 15 is 0 Å². The largest absolute Gasteiger partial charge is 0.444 e. The molecule has 0 unspecified atom stereocenters. The lowest BCUT2D eigenvalue weighted by Crippen LogP contribution is -2.45. The van der Waals surface area contributed by atoms with Crippen LogP contribution in [-0.2, 0) is 16.1 Å². The summed E-state index contributed by atoms with van der Waals surface area (Å²) in [6.45, 7) is 7.15. The summed E-state index contributed by atoms with van der Waals surface area (Å²) >= 11 is 0. The Balaban J connectivity index is 1.26. The highest BCUT2D eigenvalue weighted by atomic mass is 19.1. The number of piperidine rings is 1. The highest BCUT2D eigenvalue weighted by Gasteiger charge is 2.30. The van der Waals surface area contributed by atoms with Gasteiger partial charge in [-0.1, -0.05) is 12.1 Å². The van der Waals surface area contributed by atoms with E-state index in [0.29, 0.717) is 55.9 Å². The van der Waals surface area contributed by atoms with E-state index in [1.165, 1.54) is 24.3 Å². The number of aromatic nitrogens is 4. The molecule has 2 amide bonds. The van der Waals surface area contributed by atoms with Gasteiger partial charge in [-0.2, -0.15) is 5.10 Å². The first-order chi connectivity index (χ1) is 22.6. The Morgan fingerprint density at radius 1 is 0.872 bits per heavy atom. The van der Waals surface area contributed by atoms with Crippen LogP contribution in [-0.4, -0.2) is 61.9 Å². The number of hydrogen-bond donors (Lipinski definition) is 1. The lowest BCUT2D eigenvalue weighted by molar-refractivity contribution is -0.126. The maximum atomic E-state index is 14.0. The number of carbonyl (C=O) groups excluding carboxylic acids is 2. The van der Waals surface area contributed by atoms with Crippen molar-refractivity contribution in [2.45, 2.75) is 45.8 Å². The van der Waals surface area contributed by atoms with Gasteiger partial charge in [0.05, 0.1) is 12.2 Å². The van der Waals surface area contributed by atoms with Gasteiger partial charge in [-0.25, -0.2) is 18.6 Å². The number of rotatable bonds is 7. The first-order valence-corrected chi connectivity index (χ1v) is 15.6. The molecule has 3 aromatic heterocycles. The fourth-order valence-corrected chi connectivity index (χ4v) is 5.82. The molecule has 0 radical (unpaired) electrons. The zero-order valence-electron chi connectivity index (χ0n) is 26.5. The van der Waals surface area contributed by atoms with Gasteiger partial charge in [0.1, 0.15) is 17.2 Å². The fourth-order valence-electron chi connectivity index (χ4n) is 5.82. The summed E-state index contributed by atoms with van der Waals surface area (Å²) in [5, 5.41) is 8.52. The Bertz CT molecular complexity index is 1880. The van der Waals surface area contributed by atoms with Gasteiger partial charge >= 0.3 is 6.09 Å². The molecule has 1 aliphatic heterocycles. The Labute approximate surface area is 271 Å². The fraction of sp³-hybridized carbons (Fsp3) is 0.306. The number of benzene rings is 2. The van der Waals surface area contributed by atoms with Gasteiger partial charge in [0.25, 0.3) is 0 Å². The Kier molecular flexibility index (Phi) is 8.97. The van der Waals surface area contributed by atoms with Gasteiger partial charge < -0.3 is 15.0 Å². The van der Waals surface area contributed by atoms with E-state index < -0.39 is 5.60 Å². The minimum atomic E-state index is -0.568. The molecule has 0 atom stereocenters. The van der Waals surface area contributed by atoms with Crippen LogP contribution >= 0.6 is 0 Å². The second-order valence-electron chi connectivity index (χ2n) is 12.6. The first kappa shape index (κ1) is 31.8. The minimum Gasteiger partial charge on any atom is -0.444 e. The van der Waals surface area contributed by atoms with Crippen molar-refractivity contribution in [1.82, 2.24) is 30.0 Å². The second-order valence-corrected chi connectivity index (χ2v) is 12.6. The number of hydrogen-bond acceptors (Lipinski definition) is 6. The molecule has 11 heteroatoms. The summed E-state index contributed by atoms with van der Waals surface area (Å²) in [6.07, 6.45) is 6.03. The second kappa shape index (κ2) is 13.3. The van der Waals surface area contributed by atoms with E-state index in [1.54, 1.807) is 46.2 Å². The van der Waals surface area contributed by atoms with Gasteiger partial charge in [-0.05, 0) is 93.3 Å². The van der Waals surface area contributed by atoms with E-state index in [4.69, 9.17) is 14.8 Å². The molecule has 1 N–H and O–H groups in total. The van der Waals surface area contributed by atoms with E-state index in [0.717, 1.165) is 27.6 Å². The molecule has 1 fully saturated rings. The SMILES string of the molecule is CC(C)(C)OC(=O)N1CCC(C(=O)NCCn2cc3c(-c4ccc(F)cc4)c(-c4ccncc4)c(-c4ccc(F)cc4)nc3n2)CC1. The van der Waals surface area contributed by atoms with Crippen molar-refractivity contribution in [1.29, 1.82) is 0 Å². The molecule has 1 saturated heterocycles. The van der Waals surface area contributed by atoms with Crippen molar-refractivity contribution < 1.29 is 23.1 Å². The number of likely N-dealkylation sites (tertiary alicyclic amines) is 1. The normalized spacial score (nSPS) is 13.9. The predicted molar refractivity (Wildman–Crippen MR) is 175 cm³/mol. The minimum absolute atomic E-state index is 0.0609. The lowest BCUT2D eigenvalue weighted by Gasteiger charge is -2.32. The third-order valence-electron chi connectivity index (χ3n) is 8.09. The van der Waals surface area contributed by atoms with E-state index in [-0.39, 0.29) is 29.6 Å². The molecular weight excluding hydrogens is 602 g/mol. The summed E-state index contributed by atoms with van der Waals surface area (Å²) in [5.41, 5.74) is 4.37. The molecule has 0 spiro atoms. The number of nitrogens with zero attached hydrogens (tertiary/aromatic N) is 5. The summed E-state index contributed by atoms with van der Waals surface area (Å²) in [7, 11) is 0. The van der Waals surface area contributed by atoms with Crippen molar-refractivity contribution in [2.75, 3.05) is 19.6 Å². The average molecular weight is 639 g/mol. The number of carbonyl (C=O) groups is 2. The van der Waals surface area contributed by atoms with Crippen LogP contribution in [0.3, 0.4) is 0 Å². The number of fused-ring (bicyclic) bond motifs is 1. The van der Waals surface area contributed by atoms with Crippen LogP contribution < -0.4 is 5.32 Å². The Morgan fingerprint density at radius 2 is 1.47 bits per heavy atom. The zero-order chi connectivity index (χ0) is 33.1. The van der Waals surface area contributed by atoms with Gasteiger partial charge in [0.15, 0.2) is 5.65 Å². The van der Waals surface area contributed by atoms with E-state index in [1.807, 2.05) is 39.1 Å². The number of amides is 2. The van der Waals surface area contributed by atoms with Crippen LogP contribution in [0.5, 0.6) is 0 Å². The summed E-state index contributed by atoms with van der Waals surface area (Å²) in [6, 6.07) is 16.1. The van der Waals surface area contributed by atoms with Gasteiger partial charge in [-0.3, -0.25) is 14.5 Å². The van der Waals surface area contributed by atoms with Crippen molar-refractivity contribution in [3.05, 3.63) is 90.9 Å². The van der Waals surface area contributed by atoms with Gasteiger partial charge in [0, 0.05) is 66.2 Å². The summed E-state index contributed by atoms with van der Waals surface area (Å²) < 4.78 is 35.2. The highest BCUT2D eigenvalue weighted by molar-refractivity contribution is 6.05. The molecular formula is C36H36F2N6O3. The first-order valence-electron chi connectivity index (χ1n) is 15.6.